The van der Waals surface area contributed by atoms with E-state index >= 15 is 0 Å². The van der Waals surface area contributed by atoms with E-state index in [2.05, 4.69) is 69.6 Å². The Morgan fingerprint density at radius 1 is 1.33 bits per heavy atom. The Morgan fingerprint density at radius 3 is 2.71 bits per heavy atom. The van der Waals surface area contributed by atoms with Gasteiger partial charge in [0.15, 0.2) is 0 Å². The highest BCUT2D eigenvalue weighted by atomic mass is 32.2. The van der Waals surface area contributed by atoms with Crippen LogP contribution in [0.4, 0.5) is 0 Å². The number of thiophene rings is 1. The molecule has 0 aliphatic carbocycles. The lowest BCUT2D eigenvalue weighted by molar-refractivity contribution is 0.204. The molecule has 0 radical (unpaired) electrons. The number of hydrogen-bond acceptors (Lipinski definition) is 4. The van der Waals surface area contributed by atoms with E-state index in [-0.39, 0.29) is 5.54 Å². The lowest BCUT2D eigenvalue weighted by Gasteiger charge is -2.37. The maximum absolute atomic E-state index is 3.59. The Kier molecular flexibility index (Phi) is 5.80. The Hall–Kier alpha value is -0.0300. The summed E-state index contributed by atoms with van der Waals surface area (Å²) in [7, 11) is 0. The molecule has 0 saturated carbocycles. The van der Waals surface area contributed by atoms with E-state index in [9.17, 15) is 0 Å². The molecule has 1 aliphatic rings. The van der Waals surface area contributed by atoms with Gasteiger partial charge in [0, 0.05) is 52.0 Å². The summed E-state index contributed by atoms with van der Waals surface area (Å²) in [5.41, 5.74) is 1.71. The van der Waals surface area contributed by atoms with E-state index in [1.807, 2.05) is 11.3 Å². The molecule has 2 unspecified atom stereocenters. The molecule has 0 amide bonds. The van der Waals surface area contributed by atoms with Crippen LogP contribution in [0.3, 0.4) is 0 Å². The van der Waals surface area contributed by atoms with Crippen LogP contribution < -0.4 is 5.32 Å². The number of nitrogens with zero attached hydrogens (tertiary/aromatic N) is 1. The normalized spacial score (nSPS) is 24.5. The van der Waals surface area contributed by atoms with E-state index in [1.165, 1.54) is 27.6 Å². The predicted octanol–water partition coefficient (Wildman–Crippen LogP) is 4.27. The zero-order valence-electron chi connectivity index (χ0n) is 14.3. The van der Waals surface area contributed by atoms with Crippen molar-refractivity contribution in [2.24, 2.45) is 0 Å². The third kappa shape index (κ3) is 4.98. The zero-order valence-corrected chi connectivity index (χ0v) is 16.0. The van der Waals surface area contributed by atoms with Gasteiger partial charge in [0.25, 0.3) is 0 Å². The van der Waals surface area contributed by atoms with Crippen LogP contribution in [0.2, 0.25) is 0 Å². The third-order valence-corrected chi connectivity index (χ3v) is 6.68. The van der Waals surface area contributed by atoms with Crippen LogP contribution >= 0.6 is 23.1 Å². The minimum absolute atomic E-state index is 0.187. The van der Waals surface area contributed by atoms with Crippen LogP contribution in [-0.2, 0) is 13.1 Å². The molecule has 1 saturated heterocycles. The SMILES string of the molecule is Cc1sc(CNC(C)(C)C)cc1CN1CCSC(C)C1C. The average Bonchev–Trinajstić information content (AvgIpc) is 2.73. The summed E-state index contributed by atoms with van der Waals surface area (Å²) in [4.78, 5) is 5.60. The zero-order chi connectivity index (χ0) is 15.6. The minimum Gasteiger partial charge on any atom is -0.307 e. The largest absolute Gasteiger partial charge is 0.307 e. The highest BCUT2D eigenvalue weighted by Crippen LogP contribution is 2.29. The molecule has 0 aromatic carbocycles. The molecule has 1 N–H and O–H groups in total. The van der Waals surface area contributed by atoms with Crippen LogP contribution in [0.15, 0.2) is 6.07 Å². The van der Waals surface area contributed by atoms with Gasteiger partial charge in [-0.2, -0.15) is 11.8 Å². The molecule has 1 aromatic rings. The molecule has 0 bridgehead atoms. The second-order valence-corrected chi connectivity index (χ2v) is 10.0. The van der Waals surface area contributed by atoms with E-state index in [0.29, 0.717) is 6.04 Å². The fourth-order valence-electron chi connectivity index (χ4n) is 2.62. The molecular formula is C17H30N2S2. The molecule has 4 heteroatoms. The predicted molar refractivity (Wildman–Crippen MR) is 97.4 cm³/mol. The number of nitrogens with one attached hydrogen (secondary N) is 1. The highest BCUT2D eigenvalue weighted by molar-refractivity contribution is 8.00. The lowest BCUT2D eigenvalue weighted by Crippen LogP contribution is -2.43. The van der Waals surface area contributed by atoms with Crippen LogP contribution in [0, 0.1) is 6.92 Å². The number of aryl methyl sites for hydroxylation is 1. The van der Waals surface area contributed by atoms with Crippen molar-refractivity contribution in [1.29, 1.82) is 0 Å². The summed E-state index contributed by atoms with van der Waals surface area (Å²) in [6.07, 6.45) is 0. The smallest absolute Gasteiger partial charge is 0.0304 e. The second kappa shape index (κ2) is 7.03. The van der Waals surface area contributed by atoms with E-state index < -0.39 is 0 Å². The molecule has 2 atom stereocenters. The van der Waals surface area contributed by atoms with Gasteiger partial charge in [-0.05, 0) is 46.2 Å². The molecule has 2 nitrogen and oxygen atoms in total. The van der Waals surface area contributed by atoms with Crippen LogP contribution in [-0.4, -0.2) is 34.0 Å². The van der Waals surface area contributed by atoms with Crippen molar-refractivity contribution < 1.29 is 0 Å². The molecule has 1 aromatic heterocycles. The first-order chi connectivity index (χ1) is 9.76. The first kappa shape index (κ1) is 17.3. The average molecular weight is 327 g/mol. The van der Waals surface area contributed by atoms with Gasteiger partial charge < -0.3 is 5.32 Å². The molecule has 0 spiro atoms. The Bertz CT molecular complexity index is 462. The summed E-state index contributed by atoms with van der Waals surface area (Å²) in [6.45, 7) is 17.0. The maximum Gasteiger partial charge on any atom is 0.0304 e. The van der Waals surface area contributed by atoms with Crippen molar-refractivity contribution in [3.8, 4) is 0 Å². The molecule has 2 heterocycles. The maximum atomic E-state index is 3.59. The lowest BCUT2D eigenvalue weighted by atomic mass is 10.1. The molecular weight excluding hydrogens is 296 g/mol. The van der Waals surface area contributed by atoms with Crippen LogP contribution in [0.25, 0.3) is 0 Å². The van der Waals surface area contributed by atoms with E-state index in [1.54, 1.807) is 0 Å². The Balaban J connectivity index is 1.99. The minimum atomic E-state index is 0.187. The van der Waals surface area contributed by atoms with Gasteiger partial charge in [0.1, 0.15) is 0 Å². The van der Waals surface area contributed by atoms with Gasteiger partial charge in [-0.15, -0.1) is 11.3 Å². The van der Waals surface area contributed by atoms with Crippen molar-refractivity contribution in [1.82, 2.24) is 10.2 Å². The van der Waals surface area contributed by atoms with Crippen LogP contribution in [0.5, 0.6) is 0 Å². The first-order valence-corrected chi connectivity index (χ1v) is 9.81. The summed E-state index contributed by atoms with van der Waals surface area (Å²) in [6, 6.07) is 3.09. The topological polar surface area (TPSA) is 15.3 Å². The Morgan fingerprint density at radius 2 is 2.05 bits per heavy atom. The molecule has 21 heavy (non-hydrogen) atoms. The molecule has 120 valence electrons. The fraction of sp³-hybridized carbons (Fsp3) is 0.765. The number of thioether (sulfide) groups is 1. The van der Waals surface area contributed by atoms with Gasteiger partial charge in [0.05, 0.1) is 0 Å². The van der Waals surface area contributed by atoms with Gasteiger partial charge >= 0.3 is 0 Å². The van der Waals surface area contributed by atoms with Crippen molar-refractivity contribution in [3.05, 3.63) is 21.4 Å². The monoisotopic (exact) mass is 326 g/mol. The summed E-state index contributed by atoms with van der Waals surface area (Å²) >= 11 is 4.06. The quantitative estimate of drug-likeness (QED) is 0.889. The van der Waals surface area contributed by atoms with E-state index in [4.69, 9.17) is 0 Å². The second-order valence-electron chi connectivity index (χ2n) is 7.18. The van der Waals surface area contributed by atoms with Crippen molar-refractivity contribution >= 4 is 23.1 Å². The summed E-state index contributed by atoms with van der Waals surface area (Å²) in [5, 5.41) is 4.34. The van der Waals surface area contributed by atoms with Crippen LogP contribution in [0.1, 0.15) is 49.9 Å². The highest BCUT2D eigenvalue weighted by Gasteiger charge is 2.25. The van der Waals surface area contributed by atoms with Crippen molar-refractivity contribution in [2.45, 2.75) is 71.5 Å². The molecule has 2 rings (SSSR count). The molecule has 1 fully saturated rings. The first-order valence-electron chi connectivity index (χ1n) is 7.95. The van der Waals surface area contributed by atoms with Crippen molar-refractivity contribution in [2.75, 3.05) is 12.3 Å². The number of rotatable bonds is 4. The third-order valence-electron chi connectivity index (χ3n) is 4.25. The summed E-state index contributed by atoms with van der Waals surface area (Å²) in [5.74, 6) is 1.27. The Labute approximate surface area is 138 Å². The standard InChI is InChI=1S/C17H30N2S2/c1-12-13(2)20-8-7-19(12)11-15-9-16(21-14(15)3)10-18-17(4,5)6/h9,12-13,18H,7-8,10-11H2,1-6H3. The number of hydrogen-bond donors (Lipinski definition) is 1. The summed E-state index contributed by atoms with van der Waals surface area (Å²) < 4.78 is 0. The van der Waals surface area contributed by atoms with Crippen molar-refractivity contribution in [3.63, 3.8) is 0 Å². The van der Waals surface area contributed by atoms with E-state index in [0.717, 1.165) is 18.3 Å². The van der Waals surface area contributed by atoms with Gasteiger partial charge in [-0.25, -0.2) is 0 Å². The molecule has 1 aliphatic heterocycles. The van der Waals surface area contributed by atoms with Gasteiger partial charge in [-0.1, -0.05) is 6.92 Å². The van der Waals surface area contributed by atoms with Gasteiger partial charge in [0.2, 0.25) is 0 Å². The van der Waals surface area contributed by atoms with Gasteiger partial charge in [-0.3, -0.25) is 4.90 Å². The fourth-order valence-corrected chi connectivity index (χ4v) is 4.78.